The molecule has 0 radical (unpaired) electrons. The van der Waals surface area contributed by atoms with Crippen LogP contribution in [0, 0.1) is 5.92 Å². The van der Waals surface area contributed by atoms with E-state index in [0.29, 0.717) is 0 Å². The summed E-state index contributed by atoms with van der Waals surface area (Å²) < 4.78 is 4.59. The molecule has 0 saturated heterocycles. The van der Waals surface area contributed by atoms with Crippen molar-refractivity contribution in [2.24, 2.45) is 11.7 Å². The number of ether oxygens (including phenoxy) is 1. The van der Waals surface area contributed by atoms with Crippen LogP contribution < -0.4 is 11.1 Å². The third kappa shape index (κ3) is 3.81. The summed E-state index contributed by atoms with van der Waals surface area (Å²) in [5, 5.41) is 2.58. The lowest BCUT2D eigenvalue weighted by molar-refractivity contribution is -0.149. The Morgan fingerprint density at radius 3 is 2.31 bits per heavy atom. The van der Waals surface area contributed by atoms with Crippen molar-refractivity contribution in [2.75, 3.05) is 7.11 Å². The standard InChI is InChI=1S/C11H22N2O3/c1-6-7(2)8(12)9(14)13-11(3,4)10(15)16-5/h7-8H,6,12H2,1-5H3,(H,13,14)/t7-,8-/m0/s1. The molecule has 5 nitrogen and oxygen atoms in total. The fourth-order valence-corrected chi connectivity index (χ4v) is 1.21. The number of nitrogens with two attached hydrogens (primary N) is 1. The molecule has 0 saturated carbocycles. The van der Waals surface area contributed by atoms with Gasteiger partial charge in [-0.1, -0.05) is 20.3 Å². The van der Waals surface area contributed by atoms with Crippen LogP contribution in [0.1, 0.15) is 34.1 Å². The second kappa shape index (κ2) is 5.84. The van der Waals surface area contributed by atoms with E-state index in [-0.39, 0.29) is 11.8 Å². The van der Waals surface area contributed by atoms with Crippen molar-refractivity contribution in [1.29, 1.82) is 0 Å². The Bertz CT molecular complexity index is 264. The fourth-order valence-electron chi connectivity index (χ4n) is 1.21. The first-order valence-corrected chi connectivity index (χ1v) is 5.42. The first kappa shape index (κ1) is 14.9. The molecule has 1 amide bonds. The summed E-state index contributed by atoms with van der Waals surface area (Å²) in [7, 11) is 1.28. The van der Waals surface area contributed by atoms with Gasteiger partial charge in [-0.2, -0.15) is 0 Å². The maximum Gasteiger partial charge on any atom is 0.330 e. The lowest BCUT2D eigenvalue weighted by Crippen LogP contribution is -2.56. The third-order valence-electron chi connectivity index (χ3n) is 2.69. The molecule has 0 spiro atoms. The highest BCUT2D eigenvalue weighted by atomic mass is 16.5. The van der Waals surface area contributed by atoms with Gasteiger partial charge in [0, 0.05) is 0 Å². The minimum Gasteiger partial charge on any atom is -0.467 e. The highest BCUT2D eigenvalue weighted by Crippen LogP contribution is 2.09. The predicted molar refractivity (Wildman–Crippen MR) is 61.7 cm³/mol. The van der Waals surface area contributed by atoms with Crippen molar-refractivity contribution in [1.82, 2.24) is 5.32 Å². The van der Waals surface area contributed by atoms with E-state index in [1.165, 1.54) is 7.11 Å². The molecule has 0 aliphatic carbocycles. The van der Waals surface area contributed by atoms with Gasteiger partial charge in [-0.15, -0.1) is 0 Å². The van der Waals surface area contributed by atoms with E-state index < -0.39 is 17.6 Å². The van der Waals surface area contributed by atoms with Gasteiger partial charge in [0.1, 0.15) is 5.54 Å². The third-order valence-corrected chi connectivity index (χ3v) is 2.69. The molecule has 0 unspecified atom stereocenters. The van der Waals surface area contributed by atoms with Crippen molar-refractivity contribution in [3.8, 4) is 0 Å². The maximum absolute atomic E-state index is 11.7. The maximum atomic E-state index is 11.7. The molecule has 0 aromatic rings. The Morgan fingerprint density at radius 2 is 1.94 bits per heavy atom. The number of hydrogen-bond donors (Lipinski definition) is 2. The minimum absolute atomic E-state index is 0.0773. The first-order chi connectivity index (χ1) is 7.26. The van der Waals surface area contributed by atoms with E-state index in [2.05, 4.69) is 10.1 Å². The average molecular weight is 230 g/mol. The van der Waals surface area contributed by atoms with Crippen LogP contribution in [-0.4, -0.2) is 30.6 Å². The Balaban J connectivity index is 4.50. The van der Waals surface area contributed by atoms with Crippen LogP contribution in [0.3, 0.4) is 0 Å². The van der Waals surface area contributed by atoms with Gasteiger partial charge in [0.05, 0.1) is 13.2 Å². The van der Waals surface area contributed by atoms with Gasteiger partial charge in [0.25, 0.3) is 0 Å². The molecular weight excluding hydrogens is 208 g/mol. The van der Waals surface area contributed by atoms with Gasteiger partial charge < -0.3 is 15.8 Å². The Labute approximate surface area is 96.7 Å². The number of esters is 1. The molecule has 0 fully saturated rings. The number of methoxy groups -OCH3 is 1. The quantitative estimate of drug-likeness (QED) is 0.671. The van der Waals surface area contributed by atoms with E-state index in [4.69, 9.17) is 5.73 Å². The van der Waals surface area contributed by atoms with Gasteiger partial charge in [0.15, 0.2) is 0 Å². The van der Waals surface area contributed by atoms with Crippen LogP contribution in [0.25, 0.3) is 0 Å². The van der Waals surface area contributed by atoms with Crippen LogP contribution in [-0.2, 0) is 14.3 Å². The molecule has 3 N–H and O–H groups in total. The van der Waals surface area contributed by atoms with Gasteiger partial charge in [-0.3, -0.25) is 4.79 Å². The number of amides is 1. The number of carbonyl (C=O) groups excluding carboxylic acids is 2. The van der Waals surface area contributed by atoms with Crippen LogP contribution >= 0.6 is 0 Å². The Morgan fingerprint density at radius 1 is 1.44 bits per heavy atom. The zero-order chi connectivity index (χ0) is 12.9. The number of rotatable bonds is 5. The van der Waals surface area contributed by atoms with Crippen molar-refractivity contribution < 1.29 is 14.3 Å². The molecule has 0 rings (SSSR count). The smallest absolute Gasteiger partial charge is 0.330 e. The molecule has 2 atom stereocenters. The Hall–Kier alpha value is -1.10. The lowest BCUT2D eigenvalue weighted by Gasteiger charge is -2.26. The van der Waals surface area contributed by atoms with E-state index in [1.807, 2.05) is 13.8 Å². The molecule has 5 heteroatoms. The topological polar surface area (TPSA) is 81.4 Å². The molecule has 0 aromatic carbocycles. The summed E-state index contributed by atoms with van der Waals surface area (Å²) in [6.07, 6.45) is 0.813. The average Bonchev–Trinajstić information content (AvgIpc) is 2.24. The molecule has 0 aliphatic heterocycles. The SMILES string of the molecule is CC[C@H](C)[C@H](N)C(=O)NC(C)(C)C(=O)OC. The summed E-state index contributed by atoms with van der Waals surface area (Å²) >= 11 is 0. The summed E-state index contributed by atoms with van der Waals surface area (Å²) in [6.45, 7) is 7.03. The van der Waals surface area contributed by atoms with Crippen molar-refractivity contribution in [3.63, 3.8) is 0 Å². The lowest BCUT2D eigenvalue weighted by atomic mass is 9.97. The van der Waals surface area contributed by atoms with Gasteiger partial charge >= 0.3 is 5.97 Å². The van der Waals surface area contributed by atoms with Crippen LogP contribution in [0.5, 0.6) is 0 Å². The summed E-state index contributed by atoms with van der Waals surface area (Å²) in [5.41, 5.74) is 4.71. The largest absolute Gasteiger partial charge is 0.467 e. The van der Waals surface area contributed by atoms with Gasteiger partial charge in [-0.25, -0.2) is 4.79 Å². The van der Waals surface area contributed by atoms with E-state index in [9.17, 15) is 9.59 Å². The zero-order valence-electron chi connectivity index (χ0n) is 10.7. The normalized spacial score (nSPS) is 15.1. The number of nitrogens with one attached hydrogen (secondary N) is 1. The van der Waals surface area contributed by atoms with Crippen molar-refractivity contribution in [2.45, 2.75) is 45.7 Å². The molecule has 94 valence electrons. The fraction of sp³-hybridized carbons (Fsp3) is 0.818. The first-order valence-electron chi connectivity index (χ1n) is 5.42. The highest BCUT2D eigenvalue weighted by molar-refractivity contribution is 5.89. The van der Waals surface area contributed by atoms with Gasteiger partial charge in [-0.05, 0) is 19.8 Å². The van der Waals surface area contributed by atoms with E-state index in [1.54, 1.807) is 13.8 Å². The summed E-state index contributed by atoms with van der Waals surface area (Å²) in [4.78, 5) is 23.1. The molecular formula is C11H22N2O3. The van der Waals surface area contributed by atoms with Crippen molar-refractivity contribution in [3.05, 3.63) is 0 Å². The monoisotopic (exact) mass is 230 g/mol. The molecule has 16 heavy (non-hydrogen) atoms. The van der Waals surface area contributed by atoms with Crippen molar-refractivity contribution >= 4 is 11.9 Å². The second-order valence-electron chi connectivity index (χ2n) is 4.52. The van der Waals surface area contributed by atoms with E-state index in [0.717, 1.165) is 6.42 Å². The molecule has 0 heterocycles. The number of carbonyl (C=O) groups is 2. The molecule has 0 bridgehead atoms. The summed E-state index contributed by atoms with van der Waals surface area (Å²) in [6, 6.07) is -0.603. The Kier molecular flexibility index (Phi) is 5.44. The predicted octanol–water partition coefficient (Wildman–Crippen LogP) is 0.428. The summed E-state index contributed by atoms with van der Waals surface area (Å²) in [5.74, 6) is -0.740. The molecule has 0 aliphatic rings. The van der Waals surface area contributed by atoms with Crippen LogP contribution in [0.4, 0.5) is 0 Å². The second-order valence-corrected chi connectivity index (χ2v) is 4.52. The number of hydrogen-bond acceptors (Lipinski definition) is 4. The van der Waals surface area contributed by atoms with Crippen LogP contribution in [0.2, 0.25) is 0 Å². The van der Waals surface area contributed by atoms with Crippen LogP contribution in [0.15, 0.2) is 0 Å². The molecule has 0 aromatic heterocycles. The van der Waals surface area contributed by atoms with Gasteiger partial charge in [0.2, 0.25) is 5.91 Å². The zero-order valence-corrected chi connectivity index (χ0v) is 10.7. The van der Waals surface area contributed by atoms with E-state index >= 15 is 0 Å². The minimum atomic E-state index is -1.04. The highest BCUT2D eigenvalue weighted by Gasteiger charge is 2.33.